The van der Waals surface area contributed by atoms with Gasteiger partial charge in [-0.3, -0.25) is 9.59 Å². The summed E-state index contributed by atoms with van der Waals surface area (Å²) < 4.78 is 0. The molecular weight excluding hydrogens is 268 g/mol. The van der Waals surface area contributed by atoms with E-state index in [-0.39, 0.29) is 25.7 Å². The third-order valence-corrected chi connectivity index (χ3v) is 4.42. The molecule has 4 unspecified atom stereocenters. The Morgan fingerprint density at radius 1 is 0.800 bits per heavy atom. The van der Waals surface area contributed by atoms with Crippen LogP contribution >= 0.6 is 0 Å². The Morgan fingerprint density at radius 3 is 1.45 bits per heavy atom. The largest absolute Gasteiger partial charge is 0.480 e. The first-order valence-electron chi connectivity index (χ1n) is 6.53. The molecule has 4 atom stereocenters. The molecule has 3 rings (SSSR count). The molecule has 3 fully saturated rings. The lowest BCUT2D eigenvalue weighted by Gasteiger charge is -2.41. The smallest absolute Gasteiger partial charge is 0.326 e. The first-order chi connectivity index (χ1) is 9.43. The van der Waals surface area contributed by atoms with Gasteiger partial charge < -0.3 is 20.0 Å². The van der Waals surface area contributed by atoms with Gasteiger partial charge in [-0.05, 0) is 25.7 Å². The molecule has 8 nitrogen and oxygen atoms in total. The van der Waals surface area contributed by atoms with E-state index in [4.69, 9.17) is 10.2 Å². The van der Waals surface area contributed by atoms with Crippen LogP contribution in [0, 0.1) is 0 Å². The van der Waals surface area contributed by atoms with Crippen LogP contribution in [0.5, 0.6) is 0 Å². The summed E-state index contributed by atoms with van der Waals surface area (Å²) >= 11 is 0. The zero-order valence-electron chi connectivity index (χ0n) is 10.6. The molecule has 8 heteroatoms. The maximum Gasteiger partial charge on any atom is 0.326 e. The SMILES string of the molecule is O=C(O)C1CCC2C(=O)N3C(C(=O)O)CCC3C(=O)N12. The van der Waals surface area contributed by atoms with Crippen LogP contribution in [0.2, 0.25) is 0 Å². The number of carboxylic acid groups (broad SMARTS) is 2. The summed E-state index contributed by atoms with van der Waals surface area (Å²) in [6.07, 6.45) is 1.01. The van der Waals surface area contributed by atoms with E-state index in [2.05, 4.69) is 0 Å². The van der Waals surface area contributed by atoms with E-state index in [9.17, 15) is 19.2 Å². The number of hydrogen-bond donors (Lipinski definition) is 2. The van der Waals surface area contributed by atoms with Crippen LogP contribution in [0.25, 0.3) is 0 Å². The second-order valence-corrected chi connectivity index (χ2v) is 5.39. The van der Waals surface area contributed by atoms with Crippen molar-refractivity contribution in [2.75, 3.05) is 0 Å². The van der Waals surface area contributed by atoms with Crippen LogP contribution in [0.4, 0.5) is 0 Å². The Kier molecular flexibility index (Phi) is 2.70. The first-order valence-corrected chi connectivity index (χ1v) is 6.53. The highest BCUT2D eigenvalue weighted by Crippen LogP contribution is 2.37. The first kappa shape index (κ1) is 12.9. The number of aliphatic carboxylic acids is 2. The third-order valence-electron chi connectivity index (χ3n) is 4.42. The number of amides is 2. The predicted molar refractivity (Wildman–Crippen MR) is 62.6 cm³/mol. The van der Waals surface area contributed by atoms with E-state index in [1.807, 2.05) is 0 Å². The van der Waals surface area contributed by atoms with Crippen LogP contribution in [0.15, 0.2) is 0 Å². The summed E-state index contributed by atoms with van der Waals surface area (Å²) in [5, 5.41) is 18.2. The maximum absolute atomic E-state index is 12.4. The van der Waals surface area contributed by atoms with E-state index < -0.39 is 47.9 Å². The molecular formula is C12H14N2O6. The van der Waals surface area contributed by atoms with E-state index in [1.165, 1.54) is 0 Å². The summed E-state index contributed by atoms with van der Waals surface area (Å²) in [5.41, 5.74) is 0. The number of rotatable bonds is 2. The lowest BCUT2D eigenvalue weighted by Crippen LogP contribution is -2.65. The van der Waals surface area contributed by atoms with Gasteiger partial charge in [0, 0.05) is 0 Å². The summed E-state index contributed by atoms with van der Waals surface area (Å²) in [6, 6.07) is -3.58. The number of carboxylic acids is 2. The second-order valence-electron chi connectivity index (χ2n) is 5.39. The summed E-state index contributed by atoms with van der Waals surface area (Å²) in [4.78, 5) is 49.4. The van der Waals surface area contributed by atoms with Crippen molar-refractivity contribution in [3.8, 4) is 0 Å². The fourth-order valence-corrected chi connectivity index (χ4v) is 3.55. The zero-order chi connectivity index (χ0) is 14.6. The Morgan fingerprint density at radius 2 is 1.15 bits per heavy atom. The number of hydrogen-bond acceptors (Lipinski definition) is 4. The summed E-state index contributed by atoms with van der Waals surface area (Å²) in [7, 11) is 0. The van der Waals surface area contributed by atoms with Gasteiger partial charge in [0.05, 0.1) is 0 Å². The number of carbonyl (C=O) groups excluding carboxylic acids is 2. The topological polar surface area (TPSA) is 115 Å². The van der Waals surface area contributed by atoms with Gasteiger partial charge in [0.15, 0.2) is 0 Å². The van der Waals surface area contributed by atoms with E-state index in [0.29, 0.717) is 0 Å². The molecule has 0 aromatic heterocycles. The molecule has 0 radical (unpaired) electrons. The van der Waals surface area contributed by atoms with Crippen molar-refractivity contribution < 1.29 is 29.4 Å². The van der Waals surface area contributed by atoms with Gasteiger partial charge in [0.1, 0.15) is 24.2 Å². The van der Waals surface area contributed by atoms with Gasteiger partial charge in [-0.25, -0.2) is 9.59 Å². The van der Waals surface area contributed by atoms with Crippen LogP contribution < -0.4 is 0 Å². The average molecular weight is 282 g/mol. The monoisotopic (exact) mass is 282 g/mol. The Hall–Kier alpha value is -2.12. The van der Waals surface area contributed by atoms with Crippen molar-refractivity contribution in [3.05, 3.63) is 0 Å². The molecule has 0 saturated carbocycles. The minimum atomic E-state index is -1.12. The lowest BCUT2D eigenvalue weighted by molar-refractivity contribution is -0.167. The molecule has 3 aliphatic heterocycles. The highest BCUT2D eigenvalue weighted by atomic mass is 16.4. The van der Waals surface area contributed by atoms with Gasteiger partial charge >= 0.3 is 11.9 Å². The Balaban J connectivity index is 1.95. The van der Waals surface area contributed by atoms with Gasteiger partial charge in [-0.2, -0.15) is 0 Å². The molecule has 2 amide bonds. The highest BCUT2D eigenvalue weighted by molar-refractivity contribution is 6.02. The predicted octanol–water partition coefficient (Wildman–Crippen LogP) is -1.11. The van der Waals surface area contributed by atoms with Crippen LogP contribution in [-0.4, -0.2) is 67.9 Å². The van der Waals surface area contributed by atoms with E-state index in [0.717, 1.165) is 9.80 Å². The van der Waals surface area contributed by atoms with Gasteiger partial charge in [0.25, 0.3) is 0 Å². The normalized spacial score (nSPS) is 36.0. The van der Waals surface area contributed by atoms with E-state index in [1.54, 1.807) is 0 Å². The number of piperazine rings is 1. The number of carbonyl (C=O) groups is 4. The van der Waals surface area contributed by atoms with Gasteiger partial charge in [0.2, 0.25) is 11.8 Å². The van der Waals surface area contributed by atoms with Crippen LogP contribution in [0.3, 0.4) is 0 Å². The molecule has 3 aliphatic rings. The van der Waals surface area contributed by atoms with Crippen molar-refractivity contribution in [1.82, 2.24) is 9.80 Å². The summed E-state index contributed by atoms with van der Waals surface area (Å²) in [6.45, 7) is 0. The fraction of sp³-hybridized carbons (Fsp3) is 0.667. The maximum atomic E-state index is 12.4. The molecule has 0 aromatic carbocycles. The lowest BCUT2D eigenvalue weighted by atomic mass is 10.1. The number of nitrogens with zero attached hydrogens (tertiary/aromatic N) is 2. The Bertz CT molecular complexity index is 472. The molecule has 108 valence electrons. The van der Waals surface area contributed by atoms with Crippen LogP contribution in [-0.2, 0) is 19.2 Å². The zero-order valence-corrected chi connectivity index (χ0v) is 10.6. The minimum absolute atomic E-state index is 0.232. The van der Waals surface area contributed by atoms with Gasteiger partial charge in [-0.1, -0.05) is 0 Å². The fourth-order valence-electron chi connectivity index (χ4n) is 3.55. The standard InChI is InChI=1S/C12H14N2O6/c15-9-5-1-3-7(11(17)18)13(5)10(16)6-2-4-8(12(19)20)14(6)9/h5-8H,1-4H2,(H,17,18)(H,19,20). The second kappa shape index (κ2) is 4.19. The van der Waals surface area contributed by atoms with Crippen molar-refractivity contribution in [1.29, 1.82) is 0 Å². The summed E-state index contributed by atoms with van der Waals surface area (Å²) in [5.74, 6) is -3.09. The molecule has 2 N–H and O–H groups in total. The molecule has 3 saturated heterocycles. The molecule has 0 bridgehead atoms. The quantitative estimate of drug-likeness (QED) is 0.663. The molecule has 3 heterocycles. The third kappa shape index (κ3) is 1.53. The minimum Gasteiger partial charge on any atom is -0.480 e. The average Bonchev–Trinajstić information content (AvgIpc) is 3.00. The number of fused-ring (bicyclic) bond motifs is 2. The van der Waals surface area contributed by atoms with Crippen molar-refractivity contribution in [2.45, 2.75) is 49.9 Å². The van der Waals surface area contributed by atoms with Crippen molar-refractivity contribution in [3.63, 3.8) is 0 Å². The van der Waals surface area contributed by atoms with Crippen LogP contribution in [0.1, 0.15) is 25.7 Å². The highest BCUT2D eigenvalue weighted by Gasteiger charge is 2.57. The van der Waals surface area contributed by atoms with Crippen molar-refractivity contribution >= 4 is 23.8 Å². The molecule has 0 aliphatic carbocycles. The van der Waals surface area contributed by atoms with E-state index >= 15 is 0 Å². The molecule has 0 aromatic rings. The van der Waals surface area contributed by atoms with Gasteiger partial charge in [-0.15, -0.1) is 0 Å². The van der Waals surface area contributed by atoms with Crippen molar-refractivity contribution in [2.24, 2.45) is 0 Å². The molecule has 0 spiro atoms. The Labute approximate surface area is 113 Å². The molecule has 20 heavy (non-hydrogen) atoms.